The first kappa shape index (κ1) is 14.9. The lowest BCUT2D eigenvalue weighted by molar-refractivity contribution is 0.102. The van der Waals surface area contributed by atoms with Gasteiger partial charge in [0.05, 0.1) is 13.3 Å². The second-order valence-corrected chi connectivity index (χ2v) is 5.49. The number of anilines is 1. The van der Waals surface area contributed by atoms with Gasteiger partial charge in [0.1, 0.15) is 16.3 Å². The van der Waals surface area contributed by atoms with Crippen LogP contribution in [0, 0.1) is 0 Å². The van der Waals surface area contributed by atoms with Crippen molar-refractivity contribution in [3.63, 3.8) is 0 Å². The molecule has 0 bridgehead atoms. The molecule has 0 saturated heterocycles. The summed E-state index contributed by atoms with van der Waals surface area (Å²) in [4.78, 5) is 19.4. The van der Waals surface area contributed by atoms with Gasteiger partial charge in [-0.2, -0.15) is 0 Å². The number of carbonyl (C=O) groups excluding carboxylic acids is 1. The summed E-state index contributed by atoms with van der Waals surface area (Å²) in [5.74, 6) is -0.442. The maximum absolute atomic E-state index is 11.9. The summed E-state index contributed by atoms with van der Waals surface area (Å²) >= 11 is 0. The average molecular weight is 308 g/mol. The molecule has 110 valence electrons. The Balaban J connectivity index is 2.28. The molecule has 21 heavy (non-hydrogen) atoms. The van der Waals surface area contributed by atoms with E-state index in [-0.39, 0.29) is 16.3 Å². The van der Waals surface area contributed by atoms with Gasteiger partial charge in [-0.3, -0.25) is 9.78 Å². The Morgan fingerprint density at radius 3 is 2.67 bits per heavy atom. The van der Waals surface area contributed by atoms with Crippen LogP contribution in [0.4, 0.5) is 5.69 Å². The third-order valence-corrected chi connectivity index (χ3v) is 3.47. The number of nitrogens with two attached hydrogens (primary N) is 1. The molecule has 0 saturated carbocycles. The van der Waals surface area contributed by atoms with Crippen LogP contribution in [0.25, 0.3) is 0 Å². The molecule has 0 aliphatic carbocycles. The van der Waals surface area contributed by atoms with Gasteiger partial charge in [-0.1, -0.05) is 0 Å². The molecule has 1 amide bonds. The van der Waals surface area contributed by atoms with Gasteiger partial charge in [0.15, 0.2) is 0 Å². The number of methoxy groups -OCH3 is 1. The van der Waals surface area contributed by atoms with Crippen molar-refractivity contribution in [2.75, 3.05) is 12.4 Å². The number of nitrogens with zero attached hydrogens (tertiary/aromatic N) is 2. The summed E-state index contributed by atoms with van der Waals surface area (Å²) in [5, 5.41) is 7.62. The van der Waals surface area contributed by atoms with E-state index in [9.17, 15) is 13.2 Å². The van der Waals surface area contributed by atoms with E-state index in [4.69, 9.17) is 9.88 Å². The third-order valence-electron chi connectivity index (χ3n) is 2.52. The predicted molar refractivity (Wildman–Crippen MR) is 74.4 cm³/mol. The van der Waals surface area contributed by atoms with E-state index >= 15 is 0 Å². The first-order valence-corrected chi connectivity index (χ1v) is 7.24. The molecule has 0 fully saturated rings. The number of rotatable bonds is 4. The summed E-state index contributed by atoms with van der Waals surface area (Å²) in [6.45, 7) is 0. The zero-order chi connectivity index (χ0) is 15.5. The van der Waals surface area contributed by atoms with Crippen molar-refractivity contribution >= 4 is 21.6 Å². The van der Waals surface area contributed by atoms with E-state index in [1.165, 1.54) is 43.9 Å². The van der Waals surface area contributed by atoms with Crippen molar-refractivity contribution in [3.8, 4) is 5.75 Å². The minimum Gasteiger partial charge on any atom is -0.495 e. The van der Waals surface area contributed by atoms with Crippen molar-refractivity contribution in [2.24, 2.45) is 5.14 Å². The topological polar surface area (TPSA) is 124 Å². The maximum Gasteiger partial charge on any atom is 0.275 e. The number of ether oxygens (including phenoxy) is 1. The van der Waals surface area contributed by atoms with Gasteiger partial charge in [-0.05, 0) is 12.1 Å². The maximum atomic E-state index is 11.9. The van der Waals surface area contributed by atoms with Gasteiger partial charge in [-0.15, -0.1) is 0 Å². The van der Waals surface area contributed by atoms with Crippen molar-refractivity contribution < 1.29 is 17.9 Å². The lowest BCUT2D eigenvalue weighted by Gasteiger charge is -2.10. The Bertz CT molecular complexity index is 762. The molecule has 0 aliphatic rings. The van der Waals surface area contributed by atoms with Crippen LogP contribution in [0.2, 0.25) is 0 Å². The van der Waals surface area contributed by atoms with Crippen molar-refractivity contribution in [1.29, 1.82) is 0 Å². The van der Waals surface area contributed by atoms with Gasteiger partial charge in [0.25, 0.3) is 5.91 Å². The Labute approximate surface area is 121 Å². The summed E-state index contributed by atoms with van der Waals surface area (Å²) < 4.78 is 27.7. The van der Waals surface area contributed by atoms with E-state index in [0.717, 1.165) is 0 Å². The number of nitrogens with one attached hydrogen (secondary N) is 1. The molecule has 0 spiro atoms. The standard InChI is InChI=1S/C12H12N4O4S/c1-20-10-6-8(2-3-11(10)21(13,18)19)16-12(17)9-7-14-4-5-15-9/h2-7H,1H3,(H,16,17)(H2,13,18,19). The second-order valence-electron chi connectivity index (χ2n) is 3.96. The van der Waals surface area contributed by atoms with Crippen molar-refractivity contribution in [1.82, 2.24) is 9.97 Å². The number of amides is 1. The summed E-state index contributed by atoms with van der Waals surface area (Å²) in [5.41, 5.74) is 0.474. The number of aromatic nitrogens is 2. The summed E-state index contributed by atoms with van der Waals surface area (Å²) in [6.07, 6.45) is 4.14. The molecular formula is C12H12N4O4S. The Kier molecular flexibility index (Phi) is 4.15. The fraction of sp³-hybridized carbons (Fsp3) is 0.0833. The molecule has 0 radical (unpaired) electrons. The van der Waals surface area contributed by atoms with Gasteiger partial charge in [0, 0.05) is 24.1 Å². The predicted octanol–water partition coefficient (Wildman–Crippen LogP) is 0.385. The average Bonchev–Trinajstić information content (AvgIpc) is 2.46. The SMILES string of the molecule is COc1cc(NC(=O)c2cnccn2)ccc1S(N)(=O)=O. The molecule has 1 aromatic heterocycles. The van der Waals surface area contributed by atoms with Crippen LogP contribution in [0.5, 0.6) is 5.75 Å². The monoisotopic (exact) mass is 308 g/mol. The Hall–Kier alpha value is -2.52. The summed E-state index contributed by atoms with van der Waals surface area (Å²) in [6, 6.07) is 4.00. The van der Waals surface area contributed by atoms with E-state index in [2.05, 4.69) is 15.3 Å². The highest BCUT2D eigenvalue weighted by atomic mass is 32.2. The van der Waals surface area contributed by atoms with Crippen LogP contribution < -0.4 is 15.2 Å². The van der Waals surface area contributed by atoms with Crippen molar-refractivity contribution in [2.45, 2.75) is 4.90 Å². The Morgan fingerprint density at radius 1 is 1.33 bits per heavy atom. The molecule has 2 rings (SSSR count). The van der Waals surface area contributed by atoms with E-state index < -0.39 is 15.9 Å². The van der Waals surface area contributed by atoms with Crippen LogP contribution >= 0.6 is 0 Å². The van der Waals surface area contributed by atoms with E-state index in [1.807, 2.05) is 0 Å². The molecule has 2 aromatic rings. The first-order valence-electron chi connectivity index (χ1n) is 5.70. The van der Waals surface area contributed by atoms with Crippen LogP contribution in [0.1, 0.15) is 10.5 Å². The smallest absolute Gasteiger partial charge is 0.275 e. The van der Waals surface area contributed by atoms with Gasteiger partial charge in [0.2, 0.25) is 10.0 Å². The minimum atomic E-state index is -3.90. The lowest BCUT2D eigenvalue weighted by atomic mass is 10.3. The van der Waals surface area contributed by atoms with Crippen LogP contribution in [-0.2, 0) is 10.0 Å². The number of hydrogen-bond acceptors (Lipinski definition) is 6. The summed E-state index contributed by atoms with van der Waals surface area (Å²) in [7, 11) is -2.60. The van der Waals surface area contributed by atoms with Gasteiger partial charge in [-0.25, -0.2) is 18.5 Å². The fourth-order valence-corrected chi connectivity index (χ4v) is 2.27. The highest BCUT2D eigenvalue weighted by molar-refractivity contribution is 7.89. The molecule has 1 aromatic carbocycles. The largest absolute Gasteiger partial charge is 0.495 e. The van der Waals surface area contributed by atoms with Gasteiger partial charge < -0.3 is 10.1 Å². The van der Waals surface area contributed by atoms with Crippen LogP contribution in [-0.4, -0.2) is 31.4 Å². The molecule has 0 aliphatic heterocycles. The highest BCUT2D eigenvalue weighted by Gasteiger charge is 2.16. The molecule has 8 nitrogen and oxygen atoms in total. The molecule has 9 heteroatoms. The first-order chi connectivity index (χ1) is 9.91. The zero-order valence-electron chi connectivity index (χ0n) is 11.0. The molecule has 3 N–H and O–H groups in total. The van der Waals surface area contributed by atoms with E-state index in [1.54, 1.807) is 0 Å². The fourth-order valence-electron chi connectivity index (χ4n) is 1.59. The lowest BCUT2D eigenvalue weighted by Crippen LogP contribution is -2.16. The number of primary sulfonamides is 1. The van der Waals surface area contributed by atoms with Gasteiger partial charge >= 0.3 is 0 Å². The van der Waals surface area contributed by atoms with Crippen LogP contribution in [0.3, 0.4) is 0 Å². The quantitative estimate of drug-likeness (QED) is 0.841. The number of benzene rings is 1. The minimum absolute atomic E-state index is 0.0365. The molecule has 1 heterocycles. The zero-order valence-corrected chi connectivity index (χ0v) is 11.8. The number of hydrogen-bond donors (Lipinski definition) is 2. The highest BCUT2D eigenvalue weighted by Crippen LogP contribution is 2.26. The molecular weight excluding hydrogens is 296 g/mol. The Morgan fingerprint density at radius 2 is 2.10 bits per heavy atom. The third kappa shape index (κ3) is 3.52. The molecule has 0 unspecified atom stereocenters. The second kappa shape index (κ2) is 5.85. The number of carbonyl (C=O) groups is 1. The number of sulfonamides is 1. The molecule has 0 atom stereocenters. The van der Waals surface area contributed by atoms with Crippen LogP contribution in [0.15, 0.2) is 41.7 Å². The normalized spacial score (nSPS) is 11.0. The van der Waals surface area contributed by atoms with Crippen molar-refractivity contribution in [3.05, 3.63) is 42.5 Å². The van der Waals surface area contributed by atoms with E-state index in [0.29, 0.717) is 5.69 Å².